The highest BCUT2D eigenvalue weighted by Crippen LogP contribution is 2.35. The van der Waals surface area contributed by atoms with E-state index in [2.05, 4.69) is 45.1 Å². The zero-order valence-corrected chi connectivity index (χ0v) is 13.7. The largest absolute Gasteiger partial charge is 0.315 e. The molecule has 0 bridgehead atoms. The molecule has 0 aromatic rings. The minimum atomic E-state index is 0.683. The van der Waals surface area contributed by atoms with Crippen molar-refractivity contribution in [3.8, 4) is 0 Å². The first-order valence-corrected chi connectivity index (χ1v) is 8.42. The van der Waals surface area contributed by atoms with Crippen molar-refractivity contribution < 1.29 is 0 Å². The average molecular weight is 266 g/mol. The number of likely N-dealkylation sites (N-methyl/N-ethyl adjacent to an activating group) is 2. The molecule has 0 amide bonds. The lowest BCUT2D eigenvalue weighted by Crippen LogP contribution is -2.57. The van der Waals surface area contributed by atoms with Crippen LogP contribution in [0.4, 0.5) is 0 Å². The van der Waals surface area contributed by atoms with Gasteiger partial charge in [0.1, 0.15) is 0 Å². The monoisotopic (exact) mass is 266 g/mol. The molecule has 4 unspecified atom stereocenters. The predicted octanol–water partition coefficient (Wildman–Crippen LogP) is 3.52. The Morgan fingerprint density at radius 2 is 1.53 bits per heavy atom. The molecule has 112 valence electrons. The van der Waals surface area contributed by atoms with Crippen molar-refractivity contribution in [2.75, 3.05) is 14.1 Å². The Morgan fingerprint density at radius 1 is 0.895 bits per heavy atom. The Balaban J connectivity index is 2.01. The van der Waals surface area contributed by atoms with E-state index < -0.39 is 0 Å². The molecule has 1 N–H and O–H groups in total. The Kier molecular flexibility index (Phi) is 5.30. The highest BCUT2D eigenvalue weighted by Gasteiger charge is 2.38. The summed E-state index contributed by atoms with van der Waals surface area (Å²) in [7, 11) is 4.54. The number of nitrogens with zero attached hydrogens (tertiary/aromatic N) is 1. The van der Waals surface area contributed by atoms with Crippen molar-refractivity contribution in [3.05, 3.63) is 0 Å². The predicted molar refractivity (Wildman–Crippen MR) is 83.4 cm³/mol. The maximum atomic E-state index is 3.60. The fraction of sp³-hybridized carbons (Fsp3) is 1.00. The SMILES string of the molecule is CNC1CC(C)CC(C)C1N(C)C1CCC(C)CC1. The first-order valence-electron chi connectivity index (χ1n) is 8.42. The lowest BCUT2D eigenvalue weighted by molar-refractivity contribution is 0.0356. The van der Waals surface area contributed by atoms with E-state index in [1.165, 1.54) is 38.5 Å². The van der Waals surface area contributed by atoms with Gasteiger partial charge in [0.15, 0.2) is 0 Å². The summed E-state index contributed by atoms with van der Waals surface area (Å²) in [5.74, 6) is 2.66. The molecule has 2 saturated carbocycles. The molecule has 0 aromatic heterocycles. The van der Waals surface area contributed by atoms with Crippen molar-refractivity contribution in [1.82, 2.24) is 10.2 Å². The van der Waals surface area contributed by atoms with Crippen LogP contribution in [0, 0.1) is 17.8 Å². The van der Waals surface area contributed by atoms with Crippen LogP contribution in [0.3, 0.4) is 0 Å². The van der Waals surface area contributed by atoms with Gasteiger partial charge in [-0.25, -0.2) is 0 Å². The summed E-state index contributed by atoms with van der Waals surface area (Å²) in [5.41, 5.74) is 0. The molecule has 2 fully saturated rings. The summed E-state index contributed by atoms with van der Waals surface area (Å²) in [4.78, 5) is 2.74. The molecular formula is C17H34N2. The molecule has 2 heteroatoms. The Hall–Kier alpha value is -0.0800. The van der Waals surface area contributed by atoms with Gasteiger partial charge in [0.05, 0.1) is 0 Å². The van der Waals surface area contributed by atoms with Gasteiger partial charge in [-0.15, -0.1) is 0 Å². The van der Waals surface area contributed by atoms with Gasteiger partial charge >= 0.3 is 0 Å². The van der Waals surface area contributed by atoms with Crippen molar-refractivity contribution in [2.45, 2.75) is 77.4 Å². The van der Waals surface area contributed by atoms with E-state index >= 15 is 0 Å². The zero-order valence-electron chi connectivity index (χ0n) is 13.7. The van der Waals surface area contributed by atoms with Gasteiger partial charge in [-0.1, -0.05) is 20.8 Å². The van der Waals surface area contributed by atoms with Crippen LogP contribution < -0.4 is 5.32 Å². The maximum Gasteiger partial charge on any atom is 0.0274 e. The number of hydrogen-bond acceptors (Lipinski definition) is 2. The van der Waals surface area contributed by atoms with Crippen LogP contribution in [0.25, 0.3) is 0 Å². The Morgan fingerprint density at radius 3 is 2.11 bits per heavy atom. The first kappa shape index (κ1) is 15.3. The van der Waals surface area contributed by atoms with E-state index in [1.807, 2.05) is 0 Å². The lowest BCUT2D eigenvalue weighted by Gasteiger charge is -2.48. The quantitative estimate of drug-likeness (QED) is 0.841. The smallest absolute Gasteiger partial charge is 0.0274 e. The van der Waals surface area contributed by atoms with Crippen LogP contribution in [0.5, 0.6) is 0 Å². The van der Waals surface area contributed by atoms with Gasteiger partial charge in [0.25, 0.3) is 0 Å². The summed E-state index contributed by atoms with van der Waals surface area (Å²) in [5, 5.41) is 3.60. The normalized spacial score (nSPS) is 44.5. The topological polar surface area (TPSA) is 15.3 Å². The number of nitrogens with one attached hydrogen (secondary N) is 1. The molecule has 2 rings (SSSR count). The molecule has 0 heterocycles. The maximum absolute atomic E-state index is 3.60. The third-order valence-corrected chi connectivity index (χ3v) is 5.83. The molecule has 0 aliphatic heterocycles. The number of rotatable bonds is 3. The molecule has 4 atom stereocenters. The summed E-state index contributed by atoms with van der Waals surface area (Å²) < 4.78 is 0. The van der Waals surface area contributed by atoms with Crippen LogP contribution in [0.1, 0.15) is 59.3 Å². The van der Waals surface area contributed by atoms with Crippen LogP contribution in [0.2, 0.25) is 0 Å². The van der Waals surface area contributed by atoms with E-state index in [4.69, 9.17) is 0 Å². The van der Waals surface area contributed by atoms with Crippen molar-refractivity contribution >= 4 is 0 Å². The van der Waals surface area contributed by atoms with Crippen LogP contribution in [0.15, 0.2) is 0 Å². The Bertz CT molecular complexity index is 270. The van der Waals surface area contributed by atoms with Crippen LogP contribution in [-0.2, 0) is 0 Å². The van der Waals surface area contributed by atoms with Crippen molar-refractivity contribution in [1.29, 1.82) is 0 Å². The highest BCUT2D eigenvalue weighted by molar-refractivity contribution is 4.95. The average Bonchev–Trinajstić information content (AvgIpc) is 2.38. The van der Waals surface area contributed by atoms with Crippen molar-refractivity contribution in [3.63, 3.8) is 0 Å². The molecule has 2 aliphatic carbocycles. The fourth-order valence-corrected chi connectivity index (χ4v) is 4.71. The second kappa shape index (κ2) is 6.58. The fourth-order valence-electron chi connectivity index (χ4n) is 4.71. The Labute approximate surface area is 120 Å². The summed E-state index contributed by atoms with van der Waals surface area (Å²) >= 11 is 0. The molecule has 0 aromatic carbocycles. The molecule has 19 heavy (non-hydrogen) atoms. The van der Waals surface area contributed by atoms with Gasteiger partial charge in [0.2, 0.25) is 0 Å². The molecule has 2 nitrogen and oxygen atoms in total. The second-order valence-electron chi connectivity index (χ2n) is 7.52. The second-order valence-corrected chi connectivity index (χ2v) is 7.52. The van der Waals surface area contributed by atoms with Gasteiger partial charge in [-0.3, -0.25) is 4.90 Å². The minimum absolute atomic E-state index is 0.683. The lowest BCUT2D eigenvalue weighted by atomic mass is 9.74. The van der Waals surface area contributed by atoms with E-state index in [0.717, 1.165) is 29.8 Å². The standard InChI is InChI=1S/C17H34N2/c1-12-6-8-15(9-7-12)19(5)17-14(3)10-13(2)11-16(17)18-4/h12-18H,6-11H2,1-5H3. The van der Waals surface area contributed by atoms with Gasteiger partial charge in [0, 0.05) is 18.1 Å². The van der Waals surface area contributed by atoms with E-state index in [9.17, 15) is 0 Å². The van der Waals surface area contributed by atoms with Gasteiger partial charge < -0.3 is 5.32 Å². The molecule has 0 spiro atoms. The van der Waals surface area contributed by atoms with Crippen LogP contribution in [-0.4, -0.2) is 37.1 Å². The zero-order chi connectivity index (χ0) is 14.0. The van der Waals surface area contributed by atoms with Gasteiger partial charge in [-0.2, -0.15) is 0 Å². The van der Waals surface area contributed by atoms with Crippen molar-refractivity contribution in [2.24, 2.45) is 17.8 Å². The third-order valence-electron chi connectivity index (χ3n) is 5.83. The van der Waals surface area contributed by atoms with E-state index in [0.29, 0.717) is 6.04 Å². The van der Waals surface area contributed by atoms with Crippen LogP contribution >= 0.6 is 0 Å². The molecular weight excluding hydrogens is 232 g/mol. The molecule has 0 radical (unpaired) electrons. The van der Waals surface area contributed by atoms with E-state index in [-0.39, 0.29) is 0 Å². The molecule has 0 saturated heterocycles. The first-order chi connectivity index (χ1) is 9.02. The summed E-state index contributed by atoms with van der Waals surface area (Å²) in [6.07, 6.45) is 8.42. The molecule has 2 aliphatic rings. The third kappa shape index (κ3) is 3.52. The highest BCUT2D eigenvalue weighted by atomic mass is 15.2. The summed E-state index contributed by atoms with van der Waals surface area (Å²) in [6, 6.07) is 2.25. The minimum Gasteiger partial charge on any atom is -0.315 e. The summed E-state index contributed by atoms with van der Waals surface area (Å²) in [6.45, 7) is 7.30. The van der Waals surface area contributed by atoms with Gasteiger partial charge in [-0.05, 0) is 70.4 Å². The van der Waals surface area contributed by atoms with E-state index in [1.54, 1.807) is 0 Å². The number of hydrogen-bond donors (Lipinski definition) is 1.